The highest BCUT2D eigenvalue weighted by Gasteiger charge is 2.49. The molecule has 5 atom stereocenters. The first-order valence-corrected chi connectivity index (χ1v) is 12.3. The topological polar surface area (TPSA) is 163 Å². The average molecular weight is 417 g/mol. The molecule has 1 fully saturated rings. The molecule has 0 saturated carbocycles. The lowest BCUT2D eigenvalue weighted by atomic mass is 9.89. The van der Waals surface area contributed by atoms with Crippen LogP contribution in [-0.4, -0.2) is 58.0 Å². The zero-order chi connectivity index (χ0) is 21.3. The molecular weight excluding hydrogens is 384 g/mol. The van der Waals surface area contributed by atoms with Crippen molar-refractivity contribution in [1.29, 1.82) is 0 Å². The zero-order valence-electron chi connectivity index (χ0n) is 16.8. The number of aliphatic hydroxyl groups excluding tert-OH is 2. The van der Waals surface area contributed by atoms with Crippen molar-refractivity contribution in [2.24, 2.45) is 11.7 Å². The van der Waals surface area contributed by atoms with Gasteiger partial charge in [0.1, 0.15) is 6.23 Å². The smallest absolute Gasteiger partial charge is 0.330 e. The summed E-state index contributed by atoms with van der Waals surface area (Å²) in [6, 6.07) is 1.23. The molecular formula is C17H32N4O6Si. The predicted molar refractivity (Wildman–Crippen MR) is 106 cm³/mol. The summed E-state index contributed by atoms with van der Waals surface area (Å²) in [7, 11) is -2.57. The second kappa shape index (κ2) is 8.57. The van der Waals surface area contributed by atoms with Crippen molar-refractivity contribution in [1.82, 2.24) is 14.9 Å². The highest BCUT2D eigenvalue weighted by molar-refractivity contribution is 6.72. The van der Waals surface area contributed by atoms with Crippen LogP contribution in [0.1, 0.15) is 32.9 Å². The third kappa shape index (κ3) is 5.17. The molecule has 1 saturated heterocycles. The summed E-state index contributed by atoms with van der Waals surface area (Å²) < 4.78 is 7.26. The van der Waals surface area contributed by atoms with Crippen LogP contribution in [0.4, 0.5) is 0 Å². The van der Waals surface area contributed by atoms with Crippen LogP contribution >= 0.6 is 0 Å². The van der Waals surface area contributed by atoms with E-state index in [9.17, 15) is 19.5 Å². The first kappa shape index (κ1) is 22.9. The number of aromatic amines is 1. The van der Waals surface area contributed by atoms with Crippen LogP contribution in [0.3, 0.4) is 0 Å². The fraction of sp³-hybridized carbons (Fsp3) is 0.765. The first-order chi connectivity index (χ1) is 12.8. The van der Waals surface area contributed by atoms with E-state index in [1.165, 1.54) is 16.8 Å². The summed E-state index contributed by atoms with van der Waals surface area (Å²) >= 11 is 0. The van der Waals surface area contributed by atoms with Gasteiger partial charge >= 0.3 is 5.69 Å². The molecule has 2 heterocycles. The van der Waals surface area contributed by atoms with E-state index in [1.807, 2.05) is 26.9 Å². The molecule has 1 aromatic rings. The third-order valence-electron chi connectivity index (χ3n) is 5.81. The number of ether oxygens (including phenoxy) is 1. The van der Waals surface area contributed by atoms with E-state index < -0.39 is 55.3 Å². The molecule has 2 rings (SSSR count). The first-order valence-electron chi connectivity index (χ1n) is 9.38. The predicted octanol–water partition coefficient (Wildman–Crippen LogP) is -1.01. The van der Waals surface area contributed by atoms with Crippen LogP contribution < -0.4 is 22.3 Å². The van der Waals surface area contributed by atoms with Crippen LogP contribution in [0.25, 0.3) is 0 Å². The molecule has 0 bridgehead atoms. The van der Waals surface area contributed by atoms with Crippen molar-refractivity contribution in [2.75, 3.05) is 6.54 Å². The molecule has 1 aromatic heterocycles. The summed E-state index contributed by atoms with van der Waals surface area (Å²) in [5, 5.41) is 22.3. The molecule has 7 N–H and O–H groups in total. The molecule has 10 nitrogen and oxygen atoms in total. The molecule has 0 radical (unpaired) electrons. The Balaban J connectivity index is 2.32. The normalized spacial score (nSPS) is 27.1. The van der Waals surface area contributed by atoms with Crippen LogP contribution in [0.15, 0.2) is 21.9 Å². The largest absolute Gasteiger partial charge is 0.432 e. The molecule has 1 aliphatic heterocycles. The number of nitrogens with one attached hydrogen (secondary N) is 2. The molecule has 3 unspecified atom stereocenters. The van der Waals surface area contributed by atoms with Crippen LogP contribution in [-0.2, 0) is 4.74 Å². The van der Waals surface area contributed by atoms with E-state index in [1.54, 1.807) is 0 Å². The van der Waals surface area contributed by atoms with Crippen LogP contribution in [0, 0.1) is 5.92 Å². The Morgan fingerprint density at radius 2 is 2.07 bits per heavy atom. The van der Waals surface area contributed by atoms with E-state index in [-0.39, 0.29) is 0 Å². The van der Waals surface area contributed by atoms with E-state index in [0.29, 0.717) is 19.4 Å². The van der Waals surface area contributed by atoms with Gasteiger partial charge in [0.25, 0.3) is 5.56 Å². The van der Waals surface area contributed by atoms with Gasteiger partial charge in [-0.1, -0.05) is 13.8 Å². The lowest BCUT2D eigenvalue weighted by molar-refractivity contribution is -0.0298. The van der Waals surface area contributed by atoms with Crippen LogP contribution in [0.2, 0.25) is 18.1 Å². The number of hydrogen-bond donors (Lipinski definition) is 6. The maximum atomic E-state index is 12.3. The van der Waals surface area contributed by atoms with Gasteiger partial charge in [-0.05, 0) is 31.0 Å². The number of rotatable bonds is 8. The van der Waals surface area contributed by atoms with Crippen molar-refractivity contribution in [2.45, 2.75) is 69.6 Å². The monoisotopic (exact) mass is 416 g/mol. The third-order valence-corrected chi connectivity index (χ3v) is 9.33. The molecule has 28 heavy (non-hydrogen) atoms. The number of nitrogens with two attached hydrogens (primary N) is 1. The summed E-state index contributed by atoms with van der Waals surface area (Å²) in [5.41, 5.74) is 4.12. The van der Waals surface area contributed by atoms with E-state index >= 15 is 0 Å². The van der Waals surface area contributed by atoms with Gasteiger partial charge in [0.05, 0.1) is 12.2 Å². The number of aliphatic hydroxyl groups is 2. The molecule has 160 valence electrons. The van der Waals surface area contributed by atoms with Crippen molar-refractivity contribution in [3.8, 4) is 0 Å². The maximum absolute atomic E-state index is 12.3. The van der Waals surface area contributed by atoms with E-state index in [4.69, 9.17) is 15.6 Å². The lowest BCUT2D eigenvalue weighted by Gasteiger charge is -2.38. The molecule has 0 aliphatic carbocycles. The number of H-pyrrole nitrogens is 1. The minimum absolute atomic E-state index is 0.309. The Hall–Kier alpha value is -1.34. The lowest BCUT2D eigenvalue weighted by Crippen LogP contribution is -2.43. The van der Waals surface area contributed by atoms with Gasteiger partial charge in [0.15, 0.2) is 14.7 Å². The van der Waals surface area contributed by atoms with E-state index in [2.05, 4.69) is 10.3 Å². The standard InChI is InChI=1S/C17H32N4O6Si/c1-17(2,28(3,4)26)9-10-13(23)11(5-7-19-15(18)24)27-14(10)21-8-6-12(22)20-16(21)25/h6,8,10-11,13-15,19,23-24,26H,5,7,9,18H2,1-4H3,(H,20,22,25)/t10?,11-,13?,14-,15?/m1/s1. The highest BCUT2D eigenvalue weighted by Crippen LogP contribution is 2.48. The van der Waals surface area contributed by atoms with Crippen molar-refractivity contribution in [3.63, 3.8) is 0 Å². The maximum Gasteiger partial charge on any atom is 0.330 e. The Bertz CT molecular complexity index is 772. The Morgan fingerprint density at radius 1 is 1.43 bits per heavy atom. The number of nitrogens with zero attached hydrogens (tertiary/aromatic N) is 1. The van der Waals surface area contributed by atoms with Crippen molar-refractivity contribution < 1.29 is 19.7 Å². The van der Waals surface area contributed by atoms with E-state index in [0.717, 1.165) is 0 Å². The second-order valence-electron chi connectivity index (χ2n) is 8.57. The molecule has 0 spiro atoms. The molecule has 11 heteroatoms. The second-order valence-corrected chi connectivity index (χ2v) is 13.0. The van der Waals surface area contributed by atoms with Gasteiger partial charge in [-0.2, -0.15) is 0 Å². The average Bonchev–Trinajstić information content (AvgIpc) is 2.82. The summed E-state index contributed by atoms with van der Waals surface area (Å²) in [5.74, 6) is -0.467. The van der Waals surface area contributed by atoms with Gasteiger partial charge in [0, 0.05) is 24.7 Å². The Morgan fingerprint density at radius 3 is 2.61 bits per heavy atom. The van der Waals surface area contributed by atoms with Crippen molar-refractivity contribution >= 4 is 8.32 Å². The number of hydrogen-bond acceptors (Lipinski definition) is 8. The minimum atomic E-state index is -2.57. The SMILES string of the molecule is CC(C)(CC1C(O)[C@@H](CCNC(N)O)O[C@H]1n1ccc(=O)[nH]c1=O)[Si](C)(C)O. The fourth-order valence-electron chi connectivity index (χ4n) is 3.38. The van der Waals surface area contributed by atoms with Gasteiger partial charge < -0.3 is 19.7 Å². The highest BCUT2D eigenvalue weighted by atomic mass is 28.4. The zero-order valence-corrected chi connectivity index (χ0v) is 17.8. The van der Waals surface area contributed by atoms with Gasteiger partial charge in [-0.3, -0.25) is 25.4 Å². The molecule has 1 aliphatic rings. The summed E-state index contributed by atoms with van der Waals surface area (Å²) in [6.45, 7) is 7.86. The Kier molecular flexibility index (Phi) is 7.02. The number of aromatic nitrogens is 2. The Labute approximate surface area is 164 Å². The summed E-state index contributed by atoms with van der Waals surface area (Å²) in [6.07, 6.45) is -1.31. The molecule has 0 aromatic carbocycles. The van der Waals surface area contributed by atoms with Crippen molar-refractivity contribution in [3.05, 3.63) is 33.1 Å². The van der Waals surface area contributed by atoms with Gasteiger partial charge in [-0.25, -0.2) is 4.79 Å². The van der Waals surface area contributed by atoms with Gasteiger partial charge in [-0.15, -0.1) is 0 Å². The summed E-state index contributed by atoms with van der Waals surface area (Å²) in [4.78, 5) is 36.6. The van der Waals surface area contributed by atoms with Gasteiger partial charge in [0.2, 0.25) is 0 Å². The fourth-order valence-corrected chi connectivity index (χ4v) is 4.11. The quantitative estimate of drug-likeness (QED) is 0.232. The van der Waals surface area contributed by atoms with Crippen LogP contribution in [0.5, 0.6) is 0 Å². The molecule has 0 amide bonds. The minimum Gasteiger partial charge on any atom is -0.432 e.